The van der Waals surface area contributed by atoms with Crippen LogP contribution in [0.5, 0.6) is 5.75 Å². The highest BCUT2D eigenvalue weighted by molar-refractivity contribution is 6.51. The highest BCUT2D eigenvalue weighted by Gasteiger charge is 2.48. The highest BCUT2D eigenvalue weighted by Crippen LogP contribution is 2.42. The molecule has 0 spiro atoms. The average molecular weight is 408 g/mol. The second-order valence-corrected chi connectivity index (χ2v) is 6.74. The molecule has 0 aliphatic carbocycles. The second-order valence-electron chi connectivity index (χ2n) is 6.74. The monoisotopic (exact) mass is 408 g/mol. The Morgan fingerprint density at radius 1 is 1.13 bits per heavy atom. The van der Waals surface area contributed by atoms with Gasteiger partial charge in [-0.3, -0.25) is 14.5 Å². The number of hydrogen-bond donors (Lipinski definition) is 1. The van der Waals surface area contributed by atoms with Crippen molar-refractivity contribution < 1.29 is 28.3 Å². The van der Waals surface area contributed by atoms with Crippen molar-refractivity contribution in [1.29, 1.82) is 0 Å². The fraction of sp³-hybridized carbons (Fsp3) is 0.136. The Bertz CT molecular complexity index is 1150. The van der Waals surface area contributed by atoms with Gasteiger partial charge in [0.05, 0.1) is 18.7 Å². The van der Waals surface area contributed by atoms with Crippen molar-refractivity contribution in [1.82, 2.24) is 5.16 Å². The van der Waals surface area contributed by atoms with E-state index in [0.29, 0.717) is 17.1 Å². The maximum Gasteiger partial charge on any atom is 0.301 e. The molecule has 2 aromatic carbocycles. The number of Topliss-reactive ketones (excluding diaryl/α,β-unsaturated/α-hetero) is 1. The van der Waals surface area contributed by atoms with Crippen LogP contribution in [0.2, 0.25) is 0 Å². The lowest BCUT2D eigenvalue weighted by Gasteiger charge is -2.23. The van der Waals surface area contributed by atoms with E-state index >= 15 is 0 Å². The number of methoxy groups -OCH3 is 1. The van der Waals surface area contributed by atoms with Crippen molar-refractivity contribution in [2.45, 2.75) is 13.0 Å². The van der Waals surface area contributed by atoms with Crippen LogP contribution in [0.4, 0.5) is 10.2 Å². The number of aromatic nitrogens is 1. The van der Waals surface area contributed by atoms with Crippen LogP contribution >= 0.6 is 0 Å². The SMILES string of the molecule is COc1ccc([C@@H]2/C(=C(\O)c3ccc(F)cc3)C(=O)C(=O)N2c2cc(C)on2)cc1. The van der Waals surface area contributed by atoms with Gasteiger partial charge in [0.2, 0.25) is 0 Å². The molecule has 7 nitrogen and oxygen atoms in total. The summed E-state index contributed by atoms with van der Waals surface area (Å²) in [5, 5.41) is 14.8. The Balaban J connectivity index is 1.92. The molecular formula is C22H17FN2O5. The van der Waals surface area contributed by atoms with Crippen molar-refractivity contribution in [2.75, 3.05) is 12.0 Å². The molecule has 1 fully saturated rings. The highest BCUT2D eigenvalue weighted by atomic mass is 19.1. The van der Waals surface area contributed by atoms with Crippen LogP contribution in [0, 0.1) is 12.7 Å². The number of ether oxygens (including phenoxy) is 1. The number of hydrogen-bond acceptors (Lipinski definition) is 6. The molecule has 1 N–H and O–H groups in total. The first-order valence-corrected chi connectivity index (χ1v) is 9.05. The molecule has 3 aromatic rings. The predicted molar refractivity (Wildman–Crippen MR) is 105 cm³/mol. The minimum Gasteiger partial charge on any atom is -0.507 e. The van der Waals surface area contributed by atoms with E-state index in [4.69, 9.17) is 9.26 Å². The van der Waals surface area contributed by atoms with Gasteiger partial charge in [-0.1, -0.05) is 17.3 Å². The van der Waals surface area contributed by atoms with Gasteiger partial charge in [-0.2, -0.15) is 0 Å². The summed E-state index contributed by atoms with van der Waals surface area (Å²) >= 11 is 0. The van der Waals surface area contributed by atoms with E-state index in [1.807, 2.05) is 0 Å². The van der Waals surface area contributed by atoms with E-state index in [1.54, 1.807) is 31.2 Å². The first-order valence-electron chi connectivity index (χ1n) is 9.05. The number of aliphatic hydroxyl groups is 1. The Labute approximate surface area is 171 Å². The molecule has 0 radical (unpaired) electrons. The lowest BCUT2D eigenvalue weighted by molar-refractivity contribution is -0.132. The van der Waals surface area contributed by atoms with Crippen molar-refractivity contribution in [2.24, 2.45) is 0 Å². The molecule has 0 saturated carbocycles. The number of rotatable bonds is 4. The molecule has 1 amide bonds. The normalized spacial score (nSPS) is 18.1. The molecule has 1 aliphatic heterocycles. The fourth-order valence-corrected chi connectivity index (χ4v) is 3.40. The van der Waals surface area contributed by atoms with Gasteiger partial charge in [-0.05, 0) is 48.9 Å². The number of aliphatic hydroxyl groups excluding tert-OH is 1. The Morgan fingerprint density at radius 2 is 1.80 bits per heavy atom. The van der Waals surface area contributed by atoms with E-state index in [-0.39, 0.29) is 17.0 Å². The van der Waals surface area contributed by atoms with Crippen LogP contribution in [0.15, 0.2) is 64.7 Å². The van der Waals surface area contributed by atoms with E-state index < -0.39 is 29.3 Å². The molecule has 8 heteroatoms. The van der Waals surface area contributed by atoms with Gasteiger partial charge in [0.1, 0.15) is 23.1 Å². The van der Waals surface area contributed by atoms with Crippen LogP contribution in [0.25, 0.3) is 5.76 Å². The second kappa shape index (κ2) is 7.47. The van der Waals surface area contributed by atoms with E-state index in [0.717, 1.165) is 12.1 Å². The van der Waals surface area contributed by atoms with Crippen LogP contribution in [-0.4, -0.2) is 29.1 Å². The number of carbonyl (C=O) groups is 2. The summed E-state index contributed by atoms with van der Waals surface area (Å²) in [5.74, 6) is -1.43. The van der Waals surface area contributed by atoms with Crippen molar-refractivity contribution in [3.8, 4) is 5.75 Å². The maximum absolute atomic E-state index is 13.3. The molecule has 0 unspecified atom stereocenters. The summed E-state index contributed by atoms with van der Waals surface area (Å²) in [5.41, 5.74) is 0.640. The molecule has 1 saturated heterocycles. The van der Waals surface area contributed by atoms with Crippen LogP contribution in [0.1, 0.15) is 22.9 Å². The zero-order chi connectivity index (χ0) is 21.4. The van der Waals surface area contributed by atoms with Gasteiger partial charge in [-0.15, -0.1) is 0 Å². The number of carbonyl (C=O) groups excluding carboxylic acids is 2. The van der Waals surface area contributed by atoms with E-state index in [2.05, 4.69) is 5.16 Å². The zero-order valence-corrected chi connectivity index (χ0v) is 16.1. The Morgan fingerprint density at radius 3 is 2.37 bits per heavy atom. The summed E-state index contributed by atoms with van der Waals surface area (Å²) in [4.78, 5) is 27.0. The van der Waals surface area contributed by atoms with E-state index in [9.17, 15) is 19.1 Å². The quantitative estimate of drug-likeness (QED) is 0.401. The topological polar surface area (TPSA) is 92.9 Å². The number of benzene rings is 2. The van der Waals surface area contributed by atoms with Gasteiger partial charge in [0, 0.05) is 11.6 Å². The predicted octanol–water partition coefficient (Wildman–Crippen LogP) is 3.76. The molecule has 2 heterocycles. The fourth-order valence-electron chi connectivity index (χ4n) is 3.40. The number of aryl methyl sites for hydroxylation is 1. The molecule has 0 bridgehead atoms. The largest absolute Gasteiger partial charge is 0.507 e. The minimum atomic E-state index is -0.953. The standard InChI is InChI=1S/C22H17FN2O5/c1-12-11-17(24-30-12)25-19(13-5-9-16(29-2)10-6-13)18(21(27)22(25)28)20(26)14-3-7-15(23)8-4-14/h3-11,19,26H,1-2H3/b20-18+/t19-/m1/s1. The molecule has 1 atom stereocenters. The molecule has 30 heavy (non-hydrogen) atoms. The van der Waals surface area contributed by atoms with Crippen LogP contribution in [0.3, 0.4) is 0 Å². The molecule has 1 aliphatic rings. The van der Waals surface area contributed by atoms with Gasteiger partial charge in [0.15, 0.2) is 5.82 Å². The van der Waals surface area contributed by atoms with Crippen LogP contribution in [-0.2, 0) is 9.59 Å². The molecule has 1 aromatic heterocycles. The number of halogens is 1. The molecule has 152 valence electrons. The minimum absolute atomic E-state index is 0.127. The first kappa shape index (κ1) is 19.4. The summed E-state index contributed by atoms with van der Waals surface area (Å²) in [6.45, 7) is 1.66. The van der Waals surface area contributed by atoms with E-state index in [1.165, 1.54) is 30.2 Å². The lowest BCUT2D eigenvalue weighted by atomic mass is 9.95. The number of ketones is 1. The summed E-state index contributed by atoms with van der Waals surface area (Å²) in [6.07, 6.45) is 0. The number of nitrogens with zero attached hydrogens (tertiary/aromatic N) is 2. The maximum atomic E-state index is 13.3. The smallest absolute Gasteiger partial charge is 0.301 e. The average Bonchev–Trinajstić information content (AvgIpc) is 3.29. The third-order valence-corrected chi connectivity index (χ3v) is 4.86. The third-order valence-electron chi connectivity index (χ3n) is 4.86. The first-order chi connectivity index (χ1) is 14.4. The third kappa shape index (κ3) is 3.22. The van der Waals surface area contributed by atoms with Crippen LogP contribution < -0.4 is 9.64 Å². The lowest BCUT2D eigenvalue weighted by Crippen LogP contribution is -2.29. The summed E-state index contributed by atoms with van der Waals surface area (Å²) in [6, 6.07) is 12.3. The van der Waals surface area contributed by atoms with Crippen molar-refractivity contribution in [3.63, 3.8) is 0 Å². The van der Waals surface area contributed by atoms with Gasteiger partial charge in [-0.25, -0.2) is 4.39 Å². The summed E-state index contributed by atoms with van der Waals surface area (Å²) in [7, 11) is 1.52. The van der Waals surface area contributed by atoms with Gasteiger partial charge >= 0.3 is 5.91 Å². The molecular weight excluding hydrogens is 391 g/mol. The van der Waals surface area contributed by atoms with Crippen molar-refractivity contribution >= 4 is 23.3 Å². The summed E-state index contributed by atoms with van der Waals surface area (Å²) < 4.78 is 23.6. The van der Waals surface area contributed by atoms with Gasteiger partial charge in [0.25, 0.3) is 5.78 Å². The van der Waals surface area contributed by atoms with Gasteiger partial charge < -0.3 is 14.4 Å². The Kier molecular flexibility index (Phi) is 4.83. The Hall–Kier alpha value is -3.94. The number of anilines is 1. The zero-order valence-electron chi connectivity index (χ0n) is 16.1. The number of amides is 1. The molecule has 4 rings (SSSR count). The van der Waals surface area contributed by atoms with Crippen molar-refractivity contribution in [3.05, 3.63) is 82.9 Å².